The summed E-state index contributed by atoms with van der Waals surface area (Å²) >= 11 is 0. The van der Waals surface area contributed by atoms with Crippen LogP contribution in [0.1, 0.15) is 0 Å². The number of anilines is 1. The third-order valence-electron chi connectivity index (χ3n) is 3.16. The number of nitro benzene ring substituents is 1. The molecule has 10 heteroatoms. The lowest BCUT2D eigenvalue weighted by Gasteiger charge is -2.10. The highest BCUT2D eigenvalue weighted by atomic mass is 32.2. The van der Waals surface area contributed by atoms with Crippen molar-refractivity contribution in [2.24, 2.45) is 0 Å². The quantitative estimate of drug-likeness (QED) is 0.565. The zero-order chi connectivity index (χ0) is 18.4. The van der Waals surface area contributed by atoms with Crippen LogP contribution in [0.3, 0.4) is 0 Å². The van der Waals surface area contributed by atoms with E-state index >= 15 is 0 Å². The SMILES string of the molecule is COc1ccccc1NC(=O)CNS(=O)(=O)c1ccccc1[N+](=O)[O-]. The summed E-state index contributed by atoms with van der Waals surface area (Å²) < 4.78 is 31.6. The molecular weight excluding hydrogens is 350 g/mol. The highest BCUT2D eigenvalue weighted by Gasteiger charge is 2.25. The van der Waals surface area contributed by atoms with Gasteiger partial charge < -0.3 is 10.1 Å². The Labute approximate surface area is 143 Å². The molecule has 0 unspecified atom stereocenters. The second-order valence-electron chi connectivity index (χ2n) is 4.80. The maximum absolute atomic E-state index is 12.2. The van der Waals surface area contributed by atoms with Gasteiger partial charge in [-0.05, 0) is 18.2 Å². The van der Waals surface area contributed by atoms with E-state index in [9.17, 15) is 23.3 Å². The van der Waals surface area contributed by atoms with Crippen molar-refractivity contribution < 1.29 is 22.9 Å². The first kappa shape index (κ1) is 18.4. The maximum Gasteiger partial charge on any atom is 0.289 e. The molecular formula is C15H15N3O6S. The molecule has 0 aliphatic rings. The summed E-state index contributed by atoms with van der Waals surface area (Å²) in [4.78, 5) is 21.6. The van der Waals surface area contributed by atoms with Gasteiger partial charge in [-0.15, -0.1) is 0 Å². The third kappa shape index (κ3) is 4.52. The van der Waals surface area contributed by atoms with Crippen LogP contribution < -0.4 is 14.8 Å². The fourth-order valence-electron chi connectivity index (χ4n) is 2.02. The molecule has 1 amide bonds. The summed E-state index contributed by atoms with van der Waals surface area (Å²) in [6.45, 7) is -0.591. The van der Waals surface area contributed by atoms with Crippen molar-refractivity contribution in [3.63, 3.8) is 0 Å². The zero-order valence-electron chi connectivity index (χ0n) is 13.1. The van der Waals surface area contributed by atoms with Crippen molar-refractivity contribution in [3.05, 3.63) is 58.6 Å². The van der Waals surface area contributed by atoms with E-state index in [0.29, 0.717) is 11.4 Å². The first-order valence-corrected chi connectivity index (χ1v) is 8.49. The molecule has 0 radical (unpaired) electrons. The van der Waals surface area contributed by atoms with Crippen LogP contribution in [0.2, 0.25) is 0 Å². The molecule has 2 aromatic rings. The average Bonchev–Trinajstić information content (AvgIpc) is 2.60. The normalized spacial score (nSPS) is 10.9. The lowest BCUT2D eigenvalue weighted by Crippen LogP contribution is -2.33. The molecule has 0 aromatic heterocycles. The van der Waals surface area contributed by atoms with Gasteiger partial charge in [0.2, 0.25) is 15.9 Å². The molecule has 2 rings (SSSR count). The van der Waals surface area contributed by atoms with E-state index in [2.05, 4.69) is 5.32 Å². The van der Waals surface area contributed by atoms with Gasteiger partial charge in [-0.1, -0.05) is 24.3 Å². The number of hydrogen-bond acceptors (Lipinski definition) is 6. The number of nitrogens with zero attached hydrogens (tertiary/aromatic N) is 1. The van der Waals surface area contributed by atoms with Crippen molar-refractivity contribution in [2.45, 2.75) is 4.90 Å². The Morgan fingerprint density at radius 2 is 1.80 bits per heavy atom. The van der Waals surface area contributed by atoms with Crippen molar-refractivity contribution in [1.82, 2.24) is 4.72 Å². The first-order chi connectivity index (χ1) is 11.8. The van der Waals surface area contributed by atoms with Gasteiger partial charge in [0.05, 0.1) is 24.3 Å². The molecule has 0 spiro atoms. The number of carbonyl (C=O) groups excluding carboxylic acids is 1. The number of hydrogen-bond donors (Lipinski definition) is 2. The minimum atomic E-state index is -4.22. The average molecular weight is 365 g/mol. The van der Waals surface area contributed by atoms with E-state index in [0.717, 1.165) is 12.1 Å². The fraction of sp³-hybridized carbons (Fsp3) is 0.133. The van der Waals surface area contributed by atoms with Crippen LogP contribution in [0.5, 0.6) is 5.75 Å². The van der Waals surface area contributed by atoms with Gasteiger partial charge in [-0.25, -0.2) is 13.1 Å². The Morgan fingerprint density at radius 3 is 2.48 bits per heavy atom. The number of carbonyl (C=O) groups is 1. The molecule has 9 nitrogen and oxygen atoms in total. The van der Waals surface area contributed by atoms with Crippen LogP contribution in [0.25, 0.3) is 0 Å². The van der Waals surface area contributed by atoms with Gasteiger partial charge in [0.15, 0.2) is 4.90 Å². The van der Waals surface area contributed by atoms with E-state index in [1.165, 1.54) is 19.2 Å². The smallest absolute Gasteiger partial charge is 0.289 e. The summed E-state index contributed by atoms with van der Waals surface area (Å²) in [5.41, 5.74) is -0.194. The van der Waals surface area contributed by atoms with Crippen LogP contribution in [-0.2, 0) is 14.8 Å². The number of sulfonamides is 1. The summed E-state index contributed by atoms with van der Waals surface area (Å²) in [5, 5.41) is 13.4. The topological polar surface area (TPSA) is 128 Å². The van der Waals surface area contributed by atoms with Crippen molar-refractivity contribution in [3.8, 4) is 5.75 Å². The number of benzene rings is 2. The summed E-state index contributed by atoms with van der Waals surface area (Å²) in [7, 11) is -2.79. The monoisotopic (exact) mass is 365 g/mol. The molecule has 132 valence electrons. The molecule has 2 N–H and O–H groups in total. The van der Waals surface area contributed by atoms with Gasteiger partial charge >= 0.3 is 0 Å². The Balaban J connectivity index is 2.10. The summed E-state index contributed by atoms with van der Waals surface area (Å²) in [6, 6.07) is 11.5. The summed E-state index contributed by atoms with van der Waals surface area (Å²) in [6.07, 6.45) is 0. The van der Waals surface area contributed by atoms with E-state index in [4.69, 9.17) is 4.74 Å². The lowest BCUT2D eigenvalue weighted by molar-refractivity contribution is -0.387. The second-order valence-corrected chi connectivity index (χ2v) is 6.53. The molecule has 0 atom stereocenters. The lowest BCUT2D eigenvalue weighted by atomic mass is 10.3. The first-order valence-electron chi connectivity index (χ1n) is 7.01. The second kappa shape index (κ2) is 7.73. The Hall–Kier alpha value is -2.98. The number of para-hydroxylation sites is 3. The predicted octanol–water partition coefficient (Wildman–Crippen LogP) is 1.52. The standard InChI is InChI=1S/C15H15N3O6S/c1-24-13-8-4-2-6-11(13)17-15(19)10-16-25(22,23)14-9-5-3-7-12(14)18(20)21/h2-9,16H,10H2,1H3,(H,17,19). The number of amides is 1. The van der Waals surface area contributed by atoms with Crippen LogP contribution in [0.4, 0.5) is 11.4 Å². The highest BCUT2D eigenvalue weighted by Crippen LogP contribution is 2.24. The van der Waals surface area contributed by atoms with Crippen molar-refractivity contribution >= 4 is 27.3 Å². The van der Waals surface area contributed by atoms with Gasteiger partial charge in [0.25, 0.3) is 5.69 Å². The van der Waals surface area contributed by atoms with E-state index in [-0.39, 0.29) is 0 Å². The van der Waals surface area contributed by atoms with Crippen molar-refractivity contribution in [1.29, 1.82) is 0 Å². The molecule has 25 heavy (non-hydrogen) atoms. The summed E-state index contributed by atoms with van der Waals surface area (Å²) in [5.74, 6) is -0.232. The largest absolute Gasteiger partial charge is 0.495 e. The van der Waals surface area contributed by atoms with E-state index < -0.39 is 38.0 Å². The van der Waals surface area contributed by atoms with Crippen molar-refractivity contribution in [2.75, 3.05) is 19.0 Å². The molecule has 0 aliphatic carbocycles. The Kier molecular flexibility index (Phi) is 5.67. The molecule has 0 heterocycles. The predicted molar refractivity (Wildman–Crippen MR) is 89.9 cm³/mol. The van der Waals surface area contributed by atoms with Gasteiger partial charge in [0, 0.05) is 6.07 Å². The van der Waals surface area contributed by atoms with Gasteiger partial charge in [-0.3, -0.25) is 14.9 Å². The van der Waals surface area contributed by atoms with Crippen LogP contribution in [-0.4, -0.2) is 32.9 Å². The minimum absolute atomic E-state index is 0.375. The molecule has 0 fully saturated rings. The van der Waals surface area contributed by atoms with E-state index in [1.807, 2.05) is 4.72 Å². The molecule has 0 aliphatic heterocycles. The molecule has 0 saturated heterocycles. The Morgan fingerprint density at radius 1 is 1.16 bits per heavy atom. The van der Waals surface area contributed by atoms with Crippen LogP contribution >= 0.6 is 0 Å². The number of ether oxygens (including phenoxy) is 1. The highest BCUT2D eigenvalue weighted by molar-refractivity contribution is 7.89. The van der Waals surface area contributed by atoms with Crippen LogP contribution in [0.15, 0.2) is 53.4 Å². The number of methoxy groups -OCH3 is 1. The molecule has 2 aromatic carbocycles. The fourth-order valence-corrected chi connectivity index (χ4v) is 3.17. The third-order valence-corrected chi connectivity index (χ3v) is 4.60. The van der Waals surface area contributed by atoms with E-state index in [1.54, 1.807) is 24.3 Å². The number of rotatable bonds is 7. The zero-order valence-corrected chi connectivity index (χ0v) is 13.9. The molecule has 0 saturated carbocycles. The van der Waals surface area contributed by atoms with Gasteiger partial charge in [0.1, 0.15) is 5.75 Å². The number of nitro groups is 1. The maximum atomic E-state index is 12.2. The minimum Gasteiger partial charge on any atom is -0.495 e. The number of nitrogens with one attached hydrogen (secondary N) is 2. The Bertz CT molecular complexity index is 898. The van der Waals surface area contributed by atoms with Crippen LogP contribution in [0, 0.1) is 10.1 Å². The molecule has 0 bridgehead atoms. The van der Waals surface area contributed by atoms with Gasteiger partial charge in [-0.2, -0.15) is 0 Å².